The number of hydrogen-bond acceptors (Lipinski definition) is 4. The van der Waals surface area contributed by atoms with Crippen LogP contribution in [0.3, 0.4) is 0 Å². The van der Waals surface area contributed by atoms with E-state index in [9.17, 15) is 4.79 Å². The number of para-hydroxylation sites is 1. The molecule has 25 heavy (non-hydrogen) atoms. The first kappa shape index (κ1) is 17.5. The lowest BCUT2D eigenvalue weighted by Gasteiger charge is -2.42. The van der Waals surface area contributed by atoms with Gasteiger partial charge < -0.3 is 14.4 Å². The highest BCUT2D eigenvalue weighted by Gasteiger charge is 2.35. The summed E-state index contributed by atoms with van der Waals surface area (Å²) in [6.07, 6.45) is 3.82. The molecule has 1 fully saturated rings. The van der Waals surface area contributed by atoms with Gasteiger partial charge in [0.05, 0.1) is 24.8 Å². The first-order valence-corrected chi connectivity index (χ1v) is 8.52. The van der Waals surface area contributed by atoms with Crippen molar-refractivity contribution in [1.29, 1.82) is 0 Å². The maximum atomic E-state index is 12.7. The molecule has 1 saturated heterocycles. The molecule has 0 saturated carbocycles. The van der Waals surface area contributed by atoms with Crippen molar-refractivity contribution in [2.24, 2.45) is 7.05 Å². The van der Waals surface area contributed by atoms with E-state index >= 15 is 0 Å². The maximum absolute atomic E-state index is 12.7. The second-order valence-corrected chi connectivity index (χ2v) is 7.10. The van der Waals surface area contributed by atoms with Gasteiger partial charge in [-0.05, 0) is 31.5 Å². The summed E-state index contributed by atoms with van der Waals surface area (Å²) >= 11 is 0. The first-order chi connectivity index (χ1) is 11.9. The van der Waals surface area contributed by atoms with Crippen molar-refractivity contribution < 1.29 is 14.3 Å². The van der Waals surface area contributed by atoms with Crippen LogP contribution in [0.25, 0.3) is 0 Å². The molecule has 0 aliphatic carbocycles. The Kier molecular flexibility index (Phi) is 5.08. The van der Waals surface area contributed by atoms with Gasteiger partial charge in [-0.25, -0.2) is 0 Å². The van der Waals surface area contributed by atoms with Crippen LogP contribution in [-0.2, 0) is 23.0 Å². The van der Waals surface area contributed by atoms with Crippen molar-refractivity contribution in [3.63, 3.8) is 0 Å². The van der Waals surface area contributed by atoms with Crippen molar-refractivity contribution in [2.45, 2.75) is 32.0 Å². The van der Waals surface area contributed by atoms with E-state index in [-0.39, 0.29) is 12.0 Å². The number of rotatable bonds is 5. The lowest BCUT2D eigenvalue weighted by atomic mass is 10.0. The highest BCUT2D eigenvalue weighted by Crippen LogP contribution is 2.22. The third-order valence-corrected chi connectivity index (χ3v) is 4.13. The Morgan fingerprint density at radius 1 is 1.36 bits per heavy atom. The molecule has 0 bridgehead atoms. The summed E-state index contributed by atoms with van der Waals surface area (Å²) in [7, 11) is 1.85. The van der Waals surface area contributed by atoms with Crippen molar-refractivity contribution in [3.8, 4) is 5.75 Å². The molecular formula is C19H25N3O3. The number of aromatic nitrogens is 2. The number of carbonyl (C=O) groups excluding carboxylic acids is 1. The minimum Gasteiger partial charge on any atom is -0.491 e. The van der Waals surface area contributed by atoms with Crippen LogP contribution in [0.15, 0.2) is 42.7 Å². The number of amides is 1. The molecule has 2 aromatic rings. The zero-order valence-electron chi connectivity index (χ0n) is 15.0. The molecule has 0 N–H and O–H groups in total. The van der Waals surface area contributed by atoms with Crippen LogP contribution in [0.2, 0.25) is 0 Å². The number of aryl methyl sites for hydroxylation is 1. The molecule has 134 valence electrons. The third kappa shape index (κ3) is 4.82. The molecule has 1 atom stereocenters. The molecular weight excluding hydrogens is 318 g/mol. The van der Waals surface area contributed by atoms with Crippen molar-refractivity contribution in [3.05, 3.63) is 48.3 Å². The summed E-state index contributed by atoms with van der Waals surface area (Å²) in [4.78, 5) is 14.5. The highest BCUT2D eigenvalue weighted by atomic mass is 16.5. The van der Waals surface area contributed by atoms with Crippen LogP contribution in [0.5, 0.6) is 5.75 Å². The van der Waals surface area contributed by atoms with E-state index in [1.807, 2.05) is 62.3 Å². The SMILES string of the molecule is Cn1cc(CC(=O)N2CC(COc3ccccc3)OC(C)(C)C2)cn1. The number of benzene rings is 1. The number of morpholine rings is 1. The minimum atomic E-state index is -0.395. The average Bonchev–Trinajstić information content (AvgIpc) is 2.97. The summed E-state index contributed by atoms with van der Waals surface area (Å²) in [5, 5.41) is 4.12. The van der Waals surface area contributed by atoms with E-state index in [2.05, 4.69) is 5.10 Å². The molecule has 1 aromatic carbocycles. The Balaban J connectivity index is 1.60. The molecule has 0 radical (unpaired) electrons. The van der Waals surface area contributed by atoms with E-state index in [4.69, 9.17) is 9.47 Å². The van der Waals surface area contributed by atoms with Crippen LogP contribution in [0, 0.1) is 0 Å². The molecule has 6 nitrogen and oxygen atoms in total. The number of ether oxygens (including phenoxy) is 2. The number of hydrogen-bond donors (Lipinski definition) is 0. The monoisotopic (exact) mass is 343 g/mol. The zero-order chi connectivity index (χ0) is 17.9. The second kappa shape index (κ2) is 7.27. The highest BCUT2D eigenvalue weighted by molar-refractivity contribution is 5.78. The largest absolute Gasteiger partial charge is 0.491 e. The molecule has 3 rings (SSSR count). The smallest absolute Gasteiger partial charge is 0.227 e. The molecule has 6 heteroatoms. The summed E-state index contributed by atoms with van der Waals surface area (Å²) in [6, 6.07) is 9.65. The fourth-order valence-corrected chi connectivity index (χ4v) is 3.13. The van der Waals surface area contributed by atoms with Gasteiger partial charge in [0, 0.05) is 19.8 Å². The molecule has 1 amide bonds. The van der Waals surface area contributed by atoms with Gasteiger partial charge in [0.2, 0.25) is 5.91 Å². The van der Waals surface area contributed by atoms with Crippen LogP contribution in [0.1, 0.15) is 19.4 Å². The van der Waals surface area contributed by atoms with E-state index in [1.165, 1.54) is 0 Å². The topological polar surface area (TPSA) is 56.6 Å². The maximum Gasteiger partial charge on any atom is 0.227 e. The summed E-state index contributed by atoms with van der Waals surface area (Å²) in [5.41, 5.74) is 0.530. The lowest BCUT2D eigenvalue weighted by molar-refractivity contribution is -0.165. The summed E-state index contributed by atoms with van der Waals surface area (Å²) in [5.74, 6) is 0.900. The first-order valence-electron chi connectivity index (χ1n) is 8.52. The van der Waals surface area contributed by atoms with Crippen LogP contribution in [-0.4, -0.2) is 52.0 Å². The van der Waals surface area contributed by atoms with Crippen LogP contribution >= 0.6 is 0 Å². The number of carbonyl (C=O) groups is 1. The third-order valence-electron chi connectivity index (χ3n) is 4.13. The van der Waals surface area contributed by atoms with Gasteiger partial charge in [0.25, 0.3) is 0 Å². The van der Waals surface area contributed by atoms with E-state index < -0.39 is 5.60 Å². The fraction of sp³-hybridized carbons (Fsp3) is 0.474. The van der Waals surface area contributed by atoms with Crippen molar-refractivity contribution >= 4 is 5.91 Å². The quantitative estimate of drug-likeness (QED) is 0.834. The van der Waals surface area contributed by atoms with Crippen molar-refractivity contribution in [1.82, 2.24) is 14.7 Å². The minimum absolute atomic E-state index is 0.0917. The van der Waals surface area contributed by atoms with Gasteiger partial charge in [-0.3, -0.25) is 9.48 Å². The van der Waals surface area contributed by atoms with Gasteiger partial charge in [-0.2, -0.15) is 5.10 Å². The van der Waals surface area contributed by atoms with Gasteiger partial charge in [0.15, 0.2) is 0 Å². The Morgan fingerprint density at radius 3 is 2.80 bits per heavy atom. The van der Waals surface area contributed by atoms with Crippen molar-refractivity contribution in [2.75, 3.05) is 19.7 Å². The zero-order valence-corrected chi connectivity index (χ0v) is 15.0. The Labute approximate surface area is 148 Å². The summed E-state index contributed by atoms with van der Waals surface area (Å²) < 4.78 is 13.6. The molecule has 1 aromatic heterocycles. The standard InChI is InChI=1S/C19H25N3O3/c1-19(2)14-22(18(23)9-15-10-20-21(3)11-15)12-17(25-19)13-24-16-7-5-4-6-8-16/h4-8,10-11,17H,9,12-14H2,1-3H3. The predicted molar refractivity (Wildman–Crippen MR) is 94.4 cm³/mol. The van der Waals surface area contributed by atoms with E-state index in [0.717, 1.165) is 11.3 Å². The Bertz CT molecular complexity index is 712. The second-order valence-electron chi connectivity index (χ2n) is 7.10. The van der Waals surface area contributed by atoms with E-state index in [0.29, 0.717) is 26.1 Å². The average molecular weight is 343 g/mol. The molecule has 1 aliphatic heterocycles. The lowest BCUT2D eigenvalue weighted by Crippen LogP contribution is -2.56. The molecule has 1 unspecified atom stereocenters. The van der Waals surface area contributed by atoms with Gasteiger partial charge in [0.1, 0.15) is 18.5 Å². The Morgan fingerprint density at radius 2 is 2.12 bits per heavy atom. The molecule has 0 spiro atoms. The van der Waals surface area contributed by atoms with Crippen LogP contribution < -0.4 is 4.74 Å². The number of nitrogens with zero attached hydrogens (tertiary/aromatic N) is 3. The van der Waals surface area contributed by atoms with Crippen LogP contribution in [0.4, 0.5) is 0 Å². The van der Waals surface area contributed by atoms with Gasteiger partial charge >= 0.3 is 0 Å². The van der Waals surface area contributed by atoms with Gasteiger partial charge in [-0.1, -0.05) is 18.2 Å². The predicted octanol–water partition coefficient (Wildman–Crippen LogP) is 2.05. The summed E-state index contributed by atoms with van der Waals surface area (Å²) in [6.45, 7) is 5.55. The normalized spacial score (nSPS) is 19.6. The van der Waals surface area contributed by atoms with E-state index in [1.54, 1.807) is 10.9 Å². The van der Waals surface area contributed by atoms with Gasteiger partial charge in [-0.15, -0.1) is 0 Å². The molecule has 2 heterocycles. The molecule has 1 aliphatic rings. The Hall–Kier alpha value is -2.34. The fourth-order valence-electron chi connectivity index (χ4n) is 3.13.